The van der Waals surface area contributed by atoms with E-state index < -0.39 is 5.72 Å². The molecule has 1 unspecified atom stereocenters. The van der Waals surface area contributed by atoms with E-state index in [0.717, 1.165) is 5.52 Å². The highest BCUT2D eigenvalue weighted by Crippen LogP contribution is 2.45. The largest absolute Gasteiger partial charge is 0.363 e. The summed E-state index contributed by atoms with van der Waals surface area (Å²) >= 11 is 0. The number of aliphatic hydroxyl groups is 1. The SMILES string of the molecule is CC(=O)Nc1cccc(N2C(=O)c3ccccc3C2(O)c2ccc3[nH][c]nc3c2)c1. The zero-order chi connectivity index (χ0) is 20.9. The Morgan fingerprint density at radius 3 is 2.80 bits per heavy atom. The van der Waals surface area contributed by atoms with Crippen LogP contribution in [-0.4, -0.2) is 26.9 Å². The van der Waals surface area contributed by atoms with Crippen LogP contribution in [0.15, 0.2) is 66.7 Å². The van der Waals surface area contributed by atoms with Crippen molar-refractivity contribution in [1.82, 2.24) is 9.97 Å². The third kappa shape index (κ3) is 2.60. The molecule has 7 heteroatoms. The van der Waals surface area contributed by atoms with Gasteiger partial charge in [0.25, 0.3) is 5.91 Å². The zero-order valence-corrected chi connectivity index (χ0v) is 16.0. The standard InChI is InChI=1S/C23H17N4O3/c1-14(28)26-16-5-4-6-17(12-16)27-22(29)18-7-2-3-8-19(18)23(27,30)15-9-10-20-21(11-15)25-13-24-20/h2-12,30H,1H3,(H,24,25)(H,26,28). The summed E-state index contributed by atoms with van der Waals surface area (Å²) in [6.45, 7) is 1.41. The van der Waals surface area contributed by atoms with Gasteiger partial charge in [0, 0.05) is 35.0 Å². The van der Waals surface area contributed by atoms with Gasteiger partial charge in [0.1, 0.15) is 0 Å². The minimum absolute atomic E-state index is 0.223. The van der Waals surface area contributed by atoms with E-state index in [1.54, 1.807) is 66.7 Å². The van der Waals surface area contributed by atoms with E-state index in [4.69, 9.17) is 0 Å². The van der Waals surface area contributed by atoms with Crippen molar-refractivity contribution in [2.24, 2.45) is 0 Å². The molecular formula is C23H17N4O3. The van der Waals surface area contributed by atoms with Gasteiger partial charge in [-0.3, -0.25) is 14.5 Å². The molecule has 0 saturated carbocycles. The fraction of sp³-hybridized carbons (Fsp3) is 0.0870. The number of benzene rings is 3. The number of hydrogen-bond acceptors (Lipinski definition) is 4. The maximum absolute atomic E-state index is 13.4. The summed E-state index contributed by atoms with van der Waals surface area (Å²) in [6.07, 6.45) is 2.69. The van der Waals surface area contributed by atoms with Gasteiger partial charge >= 0.3 is 0 Å². The van der Waals surface area contributed by atoms with Gasteiger partial charge in [-0.1, -0.05) is 30.3 Å². The number of nitrogens with one attached hydrogen (secondary N) is 2. The van der Waals surface area contributed by atoms with E-state index >= 15 is 0 Å². The summed E-state index contributed by atoms with van der Waals surface area (Å²) in [6, 6.07) is 19.1. The first-order valence-electron chi connectivity index (χ1n) is 9.39. The molecule has 2 amide bonds. The highest BCUT2D eigenvalue weighted by atomic mass is 16.3. The van der Waals surface area contributed by atoms with Crippen molar-refractivity contribution >= 4 is 34.2 Å². The Labute approximate surface area is 172 Å². The smallest absolute Gasteiger partial charge is 0.261 e. The highest BCUT2D eigenvalue weighted by molar-refractivity contribution is 6.12. The molecule has 5 rings (SSSR count). The van der Waals surface area contributed by atoms with Crippen molar-refractivity contribution in [2.75, 3.05) is 10.2 Å². The molecule has 2 heterocycles. The summed E-state index contributed by atoms with van der Waals surface area (Å²) in [7, 11) is 0. The van der Waals surface area contributed by atoms with E-state index in [9.17, 15) is 14.7 Å². The summed E-state index contributed by atoms with van der Waals surface area (Å²) in [5.41, 5.74) is 2.05. The van der Waals surface area contributed by atoms with Crippen molar-refractivity contribution in [3.63, 3.8) is 0 Å². The Morgan fingerprint density at radius 1 is 1.13 bits per heavy atom. The second kappa shape index (κ2) is 6.53. The van der Waals surface area contributed by atoms with Gasteiger partial charge < -0.3 is 15.4 Å². The lowest BCUT2D eigenvalue weighted by molar-refractivity contribution is -0.114. The van der Waals surface area contributed by atoms with Crippen LogP contribution in [0.25, 0.3) is 11.0 Å². The van der Waals surface area contributed by atoms with Crippen LogP contribution >= 0.6 is 0 Å². The Kier molecular flexibility index (Phi) is 3.94. The number of aromatic nitrogens is 2. The number of imidazole rings is 1. The van der Waals surface area contributed by atoms with Gasteiger partial charge in [-0.15, -0.1) is 0 Å². The molecule has 0 fully saturated rings. The maximum Gasteiger partial charge on any atom is 0.261 e. The van der Waals surface area contributed by atoms with Gasteiger partial charge in [0.05, 0.1) is 11.0 Å². The maximum atomic E-state index is 13.4. The fourth-order valence-corrected chi connectivity index (χ4v) is 3.97. The van der Waals surface area contributed by atoms with Crippen LogP contribution in [0, 0.1) is 6.33 Å². The van der Waals surface area contributed by atoms with Crippen LogP contribution in [-0.2, 0) is 10.5 Å². The number of anilines is 2. The average Bonchev–Trinajstić information content (AvgIpc) is 3.29. The van der Waals surface area contributed by atoms with Crippen molar-refractivity contribution < 1.29 is 14.7 Å². The number of carbonyl (C=O) groups is 2. The summed E-state index contributed by atoms with van der Waals surface area (Å²) in [4.78, 5) is 33.3. The first-order valence-corrected chi connectivity index (χ1v) is 9.39. The molecule has 3 aromatic carbocycles. The van der Waals surface area contributed by atoms with Crippen LogP contribution in [0.1, 0.15) is 28.4 Å². The van der Waals surface area contributed by atoms with Crippen LogP contribution in [0.3, 0.4) is 0 Å². The number of nitrogens with zero attached hydrogens (tertiary/aromatic N) is 2. The minimum Gasteiger partial charge on any atom is -0.363 e. The van der Waals surface area contributed by atoms with E-state index in [2.05, 4.69) is 21.6 Å². The molecule has 1 aliphatic heterocycles. The van der Waals surface area contributed by atoms with Crippen LogP contribution in [0.4, 0.5) is 11.4 Å². The highest BCUT2D eigenvalue weighted by Gasteiger charge is 2.50. The number of amides is 2. The zero-order valence-electron chi connectivity index (χ0n) is 16.0. The molecule has 4 aromatic rings. The average molecular weight is 397 g/mol. The topological polar surface area (TPSA) is 98.3 Å². The Balaban J connectivity index is 1.73. The number of aromatic amines is 1. The number of fused-ring (bicyclic) bond motifs is 2. The quantitative estimate of drug-likeness (QED) is 0.495. The van der Waals surface area contributed by atoms with Gasteiger partial charge in [0.15, 0.2) is 12.1 Å². The third-order valence-corrected chi connectivity index (χ3v) is 5.25. The fourth-order valence-electron chi connectivity index (χ4n) is 3.97. The molecule has 147 valence electrons. The molecule has 3 N–H and O–H groups in total. The normalized spacial score (nSPS) is 17.9. The Bertz CT molecular complexity index is 1310. The number of H-pyrrole nitrogens is 1. The predicted molar refractivity (Wildman–Crippen MR) is 112 cm³/mol. The second-order valence-corrected chi connectivity index (χ2v) is 7.17. The van der Waals surface area contributed by atoms with Crippen molar-refractivity contribution in [2.45, 2.75) is 12.6 Å². The molecule has 0 spiro atoms. The van der Waals surface area contributed by atoms with Crippen LogP contribution in [0.2, 0.25) is 0 Å². The molecule has 1 atom stereocenters. The molecule has 30 heavy (non-hydrogen) atoms. The van der Waals surface area contributed by atoms with Crippen molar-refractivity contribution in [1.29, 1.82) is 0 Å². The van der Waals surface area contributed by atoms with Gasteiger partial charge in [-0.2, -0.15) is 0 Å². The number of rotatable bonds is 3. The van der Waals surface area contributed by atoms with Crippen LogP contribution < -0.4 is 10.2 Å². The first-order chi connectivity index (χ1) is 14.5. The van der Waals surface area contributed by atoms with E-state index in [-0.39, 0.29) is 11.8 Å². The molecule has 0 aliphatic carbocycles. The lowest BCUT2D eigenvalue weighted by atomic mass is 9.93. The van der Waals surface area contributed by atoms with Crippen molar-refractivity contribution in [3.8, 4) is 0 Å². The first kappa shape index (κ1) is 18.1. The van der Waals surface area contributed by atoms with E-state index in [1.807, 2.05) is 0 Å². The van der Waals surface area contributed by atoms with Gasteiger partial charge in [0.2, 0.25) is 5.91 Å². The third-order valence-electron chi connectivity index (χ3n) is 5.25. The monoisotopic (exact) mass is 397 g/mol. The van der Waals surface area contributed by atoms with Crippen LogP contribution in [0.5, 0.6) is 0 Å². The summed E-state index contributed by atoms with van der Waals surface area (Å²) in [5, 5.41) is 14.8. The molecule has 7 nitrogen and oxygen atoms in total. The predicted octanol–water partition coefficient (Wildman–Crippen LogP) is 3.18. The van der Waals surface area contributed by atoms with E-state index in [1.165, 1.54) is 11.8 Å². The molecule has 1 radical (unpaired) electrons. The van der Waals surface area contributed by atoms with Crippen molar-refractivity contribution in [3.05, 3.63) is 89.7 Å². The van der Waals surface area contributed by atoms with Gasteiger partial charge in [-0.05, 0) is 36.4 Å². The second-order valence-electron chi connectivity index (χ2n) is 7.17. The lowest BCUT2D eigenvalue weighted by Crippen LogP contribution is -2.45. The molecule has 0 saturated heterocycles. The van der Waals surface area contributed by atoms with E-state index in [0.29, 0.717) is 33.6 Å². The molecule has 1 aromatic heterocycles. The summed E-state index contributed by atoms with van der Waals surface area (Å²) < 4.78 is 0. The lowest BCUT2D eigenvalue weighted by Gasteiger charge is -2.35. The number of carbonyl (C=O) groups excluding carboxylic acids is 2. The molecule has 0 bridgehead atoms. The Morgan fingerprint density at radius 2 is 1.97 bits per heavy atom. The summed E-state index contributed by atoms with van der Waals surface area (Å²) in [5.74, 6) is -0.555. The van der Waals surface area contributed by atoms with Gasteiger partial charge in [-0.25, -0.2) is 4.98 Å². The minimum atomic E-state index is -1.74. The Hall–Kier alpha value is -3.97. The number of hydrogen-bond donors (Lipinski definition) is 3. The molecule has 1 aliphatic rings. The molecular weight excluding hydrogens is 380 g/mol.